The van der Waals surface area contributed by atoms with Crippen molar-refractivity contribution in [2.75, 3.05) is 20.2 Å². The Hall–Kier alpha value is -1.75. The van der Waals surface area contributed by atoms with E-state index in [0.717, 1.165) is 30.3 Å². The van der Waals surface area contributed by atoms with E-state index in [2.05, 4.69) is 49.4 Å². The van der Waals surface area contributed by atoms with E-state index < -0.39 is 0 Å². The quantitative estimate of drug-likeness (QED) is 0.636. The SMILES string of the molecule is CN=C(NCC(C)Oc1ccccc1C)NC1C2CCOC2C1(C)C. The van der Waals surface area contributed by atoms with Crippen LogP contribution in [0.25, 0.3) is 0 Å². The highest BCUT2D eigenvalue weighted by Gasteiger charge is 2.59. The van der Waals surface area contributed by atoms with Crippen LogP contribution in [0.2, 0.25) is 0 Å². The molecule has 1 saturated heterocycles. The van der Waals surface area contributed by atoms with Gasteiger partial charge in [-0.15, -0.1) is 0 Å². The summed E-state index contributed by atoms with van der Waals surface area (Å²) in [5.74, 6) is 2.36. The molecule has 4 atom stereocenters. The van der Waals surface area contributed by atoms with Crippen molar-refractivity contribution in [3.8, 4) is 5.75 Å². The highest BCUT2D eigenvalue weighted by molar-refractivity contribution is 5.80. The summed E-state index contributed by atoms with van der Waals surface area (Å²) in [6.45, 7) is 10.3. The van der Waals surface area contributed by atoms with Crippen molar-refractivity contribution in [1.82, 2.24) is 10.6 Å². The predicted octanol–water partition coefficient (Wildman–Crippen LogP) is 2.74. The van der Waals surface area contributed by atoms with Crippen LogP contribution < -0.4 is 15.4 Å². The lowest BCUT2D eigenvalue weighted by Crippen LogP contribution is -2.68. The van der Waals surface area contributed by atoms with Gasteiger partial charge in [-0.05, 0) is 31.9 Å². The molecule has 1 aromatic rings. The van der Waals surface area contributed by atoms with Crippen molar-refractivity contribution in [2.24, 2.45) is 16.3 Å². The minimum absolute atomic E-state index is 0.0524. The first-order valence-electron chi connectivity index (χ1n) is 9.24. The molecule has 2 fully saturated rings. The van der Waals surface area contributed by atoms with Gasteiger partial charge in [0, 0.05) is 31.0 Å². The second-order valence-electron chi connectivity index (χ2n) is 7.83. The largest absolute Gasteiger partial charge is 0.489 e. The van der Waals surface area contributed by atoms with Crippen molar-refractivity contribution in [3.05, 3.63) is 29.8 Å². The average molecular weight is 345 g/mol. The van der Waals surface area contributed by atoms with Gasteiger partial charge in [0.05, 0.1) is 12.6 Å². The molecule has 5 nitrogen and oxygen atoms in total. The number of hydrogen-bond donors (Lipinski definition) is 2. The molecule has 0 amide bonds. The molecule has 138 valence electrons. The van der Waals surface area contributed by atoms with E-state index in [4.69, 9.17) is 9.47 Å². The molecular formula is C20H31N3O2. The summed E-state index contributed by atoms with van der Waals surface area (Å²) in [5, 5.41) is 7.00. The molecule has 4 unspecified atom stereocenters. The summed E-state index contributed by atoms with van der Waals surface area (Å²) in [6.07, 6.45) is 1.57. The van der Waals surface area contributed by atoms with E-state index in [-0.39, 0.29) is 11.5 Å². The van der Waals surface area contributed by atoms with Crippen LogP contribution in [0.1, 0.15) is 32.8 Å². The van der Waals surface area contributed by atoms with Crippen LogP contribution in [0.5, 0.6) is 5.75 Å². The number of para-hydroxylation sites is 1. The number of fused-ring (bicyclic) bond motifs is 1. The molecule has 1 aromatic carbocycles. The number of ether oxygens (including phenoxy) is 2. The summed E-state index contributed by atoms with van der Waals surface area (Å²) in [6, 6.07) is 8.50. The fourth-order valence-electron chi connectivity index (χ4n) is 4.15. The van der Waals surface area contributed by atoms with Gasteiger partial charge in [-0.25, -0.2) is 0 Å². The van der Waals surface area contributed by atoms with Gasteiger partial charge in [-0.1, -0.05) is 32.0 Å². The zero-order valence-corrected chi connectivity index (χ0v) is 16.0. The standard InChI is InChI=1S/C20H31N3O2/c1-13-8-6-7-9-16(13)25-14(2)12-22-19(21-5)23-17-15-10-11-24-18(15)20(17,3)4/h6-9,14-15,17-18H,10-12H2,1-5H3,(H2,21,22,23). The van der Waals surface area contributed by atoms with Gasteiger partial charge in [0.15, 0.2) is 5.96 Å². The maximum Gasteiger partial charge on any atom is 0.191 e. The first kappa shape index (κ1) is 18.1. The van der Waals surface area contributed by atoms with Crippen LogP contribution in [0.15, 0.2) is 29.3 Å². The van der Waals surface area contributed by atoms with E-state index >= 15 is 0 Å². The van der Waals surface area contributed by atoms with Gasteiger partial charge >= 0.3 is 0 Å². The normalized spacial score (nSPS) is 28.7. The molecule has 1 saturated carbocycles. The maximum absolute atomic E-state index is 6.03. The summed E-state index contributed by atoms with van der Waals surface area (Å²) in [4.78, 5) is 4.38. The molecule has 1 heterocycles. The number of benzene rings is 1. The third-order valence-corrected chi connectivity index (χ3v) is 5.60. The molecule has 0 radical (unpaired) electrons. The van der Waals surface area contributed by atoms with Crippen LogP contribution in [0.3, 0.4) is 0 Å². The number of rotatable bonds is 5. The molecular weight excluding hydrogens is 314 g/mol. The van der Waals surface area contributed by atoms with Gasteiger partial charge in [-0.2, -0.15) is 0 Å². The second-order valence-corrected chi connectivity index (χ2v) is 7.83. The van der Waals surface area contributed by atoms with Gasteiger partial charge in [0.25, 0.3) is 0 Å². The highest BCUT2D eigenvalue weighted by Crippen LogP contribution is 2.52. The monoisotopic (exact) mass is 345 g/mol. The number of aryl methyl sites for hydroxylation is 1. The summed E-state index contributed by atoms with van der Waals surface area (Å²) in [5.41, 5.74) is 1.29. The lowest BCUT2D eigenvalue weighted by atomic mass is 9.57. The smallest absolute Gasteiger partial charge is 0.191 e. The molecule has 0 aromatic heterocycles. The highest BCUT2D eigenvalue weighted by atomic mass is 16.5. The minimum Gasteiger partial charge on any atom is -0.489 e. The molecule has 3 rings (SSSR count). The Kier molecular flexibility index (Phi) is 5.23. The molecule has 2 aliphatic rings. The Bertz CT molecular complexity index is 629. The van der Waals surface area contributed by atoms with Crippen LogP contribution in [-0.2, 0) is 4.74 Å². The number of nitrogens with one attached hydrogen (secondary N) is 2. The van der Waals surface area contributed by atoms with E-state index in [1.165, 1.54) is 0 Å². The fraction of sp³-hybridized carbons (Fsp3) is 0.650. The summed E-state index contributed by atoms with van der Waals surface area (Å²) >= 11 is 0. The molecule has 2 N–H and O–H groups in total. The fourth-order valence-corrected chi connectivity index (χ4v) is 4.15. The van der Waals surface area contributed by atoms with Gasteiger partial charge < -0.3 is 20.1 Å². The summed E-state index contributed by atoms with van der Waals surface area (Å²) < 4.78 is 11.9. The van der Waals surface area contributed by atoms with E-state index in [0.29, 0.717) is 24.6 Å². The zero-order chi connectivity index (χ0) is 18.0. The molecule has 25 heavy (non-hydrogen) atoms. The van der Waals surface area contributed by atoms with Crippen molar-refractivity contribution < 1.29 is 9.47 Å². The van der Waals surface area contributed by atoms with E-state index in [9.17, 15) is 0 Å². The topological polar surface area (TPSA) is 54.9 Å². The van der Waals surface area contributed by atoms with E-state index in [1.54, 1.807) is 0 Å². The number of nitrogens with zero attached hydrogens (tertiary/aromatic N) is 1. The Morgan fingerprint density at radius 2 is 2.16 bits per heavy atom. The third-order valence-electron chi connectivity index (χ3n) is 5.60. The summed E-state index contributed by atoms with van der Waals surface area (Å²) in [7, 11) is 1.82. The molecule has 5 heteroatoms. The van der Waals surface area contributed by atoms with Gasteiger partial charge in [0.2, 0.25) is 0 Å². The van der Waals surface area contributed by atoms with Crippen molar-refractivity contribution in [2.45, 2.75) is 52.4 Å². The van der Waals surface area contributed by atoms with Gasteiger partial charge in [0.1, 0.15) is 11.9 Å². The van der Waals surface area contributed by atoms with Crippen LogP contribution >= 0.6 is 0 Å². The van der Waals surface area contributed by atoms with Crippen molar-refractivity contribution in [1.29, 1.82) is 0 Å². The first-order valence-corrected chi connectivity index (χ1v) is 9.24. The molecule has 1 aliphatic heterocycles. The average Bonchev–Trinajstić information content (AvgIpc) is 3.04. The number of aliphatic imine (C=N–C) groups is 1. The zero-order valence-electron chi connectivity index (χ0n) is 16.0. The Labute approximate surface area is 151 Å². The lowest BCUT2D eigenvalue weighted by molar-refractivity contribution is -0.106. The predicted molar refractivity (Wildman–Crippen MR) is 101 cm³/mol. The first-order chi connectivity index (χ1) is 11.9. The van der Waals surface area contributed by atoms with E-state index in [1.807, 2.05) is 25.2 Å². The van der Waals surface area contributed by atoms with Crippen molar-refractivity contribution in [3.63, 3.8) is 0 Å². The number of hydrogen-bond acceptors (Lipinski definition) is 3. The molecule has 1 aliphatic carbocycles. The van der Waals surface area contributed by atoms with Crippen molar-refractivity contribution >= 4 is 5.96 Å². The second kappa shape index (κ2) is 7.24. The van der Waals surface area contributed by atoms with Crippen LogP contribution in [-0.4, -0.2) is 44.4 Å². The molecule has 0 spiro atoms. The Balaban J connectivity index is 1.50. The third kappa shape index (κ3) is 3.61. The Morgan fingerprint density at radius 1 is 1.40 bits per heavy atom. The lowest BCUT2D eigenvalue weighted by Gasteiger charge is -2.54. The van der Waals surface area contributed by atoms with Crippen LogP contribution in [0, 0.1) is 18.3 Å². The van der Waals surface area contributed by atoms with Crippen LogP contribution in [0.4, 0.5) is 0 Å². The number of guanidine groups is 1. The maximum atomic E-state index is 6.03. The minimum atomic E-state index is 0.0524. The Morgan fingerprint density at radius 3 is 2.88 bits per heavy atom. The molecule has 0 bridgehead atoms. The van der Waals surface area contributed by atoms with Gasteiger partial charge in [-0.3, -0.25) is 4.99 Å².